The number of carbonyl (C=O) groups is 1. The Morgan fingerprint density at radius 1 is 1.36 bits per heavy atom. The van der Waals surface area contributed by atoms with Crippen LogP contribution in [-0.4, -0.2) is 27.2 Å². The first-order valence-electron chi connectivity index (χ1n) is 7.41. The van der Waals surface area contributed by atoms with Crippen molar-refractivity contribution in [3.05, 3.63) is 64.5 Å². The molecule has 0 unspecified atom stereocenters. The summed E-state index contributed by atoms with van der Waals surface area (Å²) in [5, 5.41) is 15.2. The molecule has 2 heterocycles. The highest BCUT2D eigenvalue weighted by atomic mass is 16.6. The third-order valence-corrected chi connectivity index (χ3v) is 3.33. The molecule has 0 aliphatic carbocycles. The van der Waals surface area contributed by atoms with E-state index in [9.17, 15) is 14.9 Å². The predicted octanol–water partition coefficient (Wildman–Crippen LogP) is 2.72. The number of carbonyl (C=O) groups excluding carboxylic acids is 1. The molecular weight excluding hydrogens is 328 g/mol. The molecule has 0 fully saturated rings. The van der Waals surface area contributed by atoms with E-state index in [4.69, 9.17) is 9.25 Å². The fraction of sp³-hybridized carbons (Fsp3) is 0.125. The zero-order chi connectivity index (χ0) is 17.8. The summed E-state index contributed by atoms with van der Waals surface area (Å²) in [6.45, 7) is 2.05. The van der Waals surface area contributed by atoms with Gasteiger partial charge in [0.25, 0.3) is 11.6 Å². The van der Waals surface area contributed by atoms with Crippen LogP contribution in [0.3, 0.4) is 0 Å². The summed E-state index contributed by atoms with van der Waals surface area (Å²) in [5.74, 6) is -0.00312. The number of benzene rings is 1. The number of hydrogen-bond donors (Lipinski definition) is 1. The van der Waals surface area contributed by atoms with Crippen molar-refractivity contribution >= 4 is 11.6 Å². The number of nitro groups is 1. The average molecular weight is 342 g/mol. The summed E-state index contributed by atoms with van der Waals surface area (Å²) < 4.78 is 6.68. The van der Waals surface area contributed by atoms with E-state index in [2.05, 4.69) is 10.6 Å². The Labute approximate surface area is 141 Å². The van der Waals surface area contributed by atoms with Gasteiger partial charge in [-0.3, -0.25) is 19.7 Å². The average Bonchev–Trinajstić information content (AvgIpc) is 3.29. The van der Waals surface area contributed by atoms with Gasteiger partial charge in [0.1, 0.15) is 11.4 Å². The number of furan rings is 1. The van der Waals surface area contributed by atoms with Gasteiger partial charge in [-0.25, -0.2) is 10.2 Å². The molecule has 0 saturated heterocycles. The van der Waals surface area contributed by atoms with Crippen molar-refractivity contribution in [2.45, 2.75) is 6.92 Å². The molecule has 0 radical (unpaired) electrons. The first-order valence-corrected chi connectivity index (χ1v) is 7.41. The molecule has 0 atom stereocenters. The number of non-ortho nitro benzene ring substituents is 1. The van der Waals surface area contributed by atoms with Gasteiger partial charge in [0.15, 0.2) is 5.76 Å². The van der Waals surface area contributed by atoms with Crippen LogP contribution < -0.4 is 5.48 Å². The largest absolute Gasteiger partial charge is 0.463 e. The lowest BCUT2D eigenvalue weighted by molar-refractivity contribution is -0.384. The van der Waals surface area contributed by atoms with E-state index in [0.717, 1.165) is 0 Å². The summed E-state index contributed by atoms with van der Waals surface area (Å²) >= 11 is 0. The second kappa shape index (κ2) is 6.97. The minimum absolute atomic E-state index is 0.0533. The summed E-state index contributed by atoms with van der Waals surface area (Å²) in [6.07, 6.45) is 1.50. The number of amides is 1. The van der Waals surface area contributed by atoms with E-state index in [1.807, 2.05) is 0 Å². The van der Waals surface area contributed by atoms with E-state index in [1.165, 1.54) is 35.2 Å². The van der Waals surface area contributed by atoms with Gasteiger partial charge < -0.3 is 4.42 Å². The monoisotopic (exact) mass is 342 g/mol. The van der Waals surface area contributed by atoms with E-state index >= 15 is 0 Å². The Kier molecular flexibility index (Phi) is 4.57. The van der Waals surface area contributed by atoms with Gasteiger partial charge in [0, 0.05) is 18.2 Å². The lowest BCUT2D eigenvalue weighted by Crippen LogP contribution is -2.26. The third kappa shape index (κ3) is 3.40. The molecule has 3 rings (SSSR count). The normalized spacial score (nSPS) is 10.6. The van der Waals surface area contributed by atoms with E-state index < -0.39 is 10.8 Å². The highest BCUT2D eigenvalue weighted by Gasteiger charge is 2.19. The second-order valence-electron chi connectivity index (χ2n) is 4.94. The molecule has 1 amide bonds. The predicted molar refractivity (Wildman–Crippen MR) is 87.0 cm³/mol. The Balaban J connectivity index is 2.03. The molecule has 25 heavy (non-hydrogen) atoms. The zero-order valence-electron chi connectivity index (χ0n) is 13.2. The van der Waals surface area contributed by atoms with Gasteiger partial charge in [-0.15, -0.1) is 0 Å². The summed E-state index contributed by atoms with van der Waals surface area (Å²) in [5.41, 5.74) is 3.40. The fourth-order valence-electron chi connectivity index (χ4n) is 2.19. The number of rotatable bonds is 6. The molecule has 0 aliphatic heterocycles. The van der Waals surface area contributed by atoms with Crippen LogP contribution in [0, 0.1) is 10.1 Å². The Bertz CT molecular complexity index is 884. The Hall–Kier alpha value is -3.46. The van der Waals surface area contributed by atoms with Crippen LogP contribution in [0.4, 0.5) is 5.69 Å². The smallest absolute Gasteiger partial charge is 0.293 e. The Morgan fingerprint density at radius 3 is 2.72 bits per heavy atom. The molecule has 0 bridgehead atoms. The van der Waals surface area contributed by atoms with Gasteiger partial charge in [0.05, 0.1) is 23.5 Å². The quantitative estimate of drug-likeness (QED) is 0.544. The fourth-order valence-corrected chi connectivity index (χ4v) is 2.19. The van der Waals surface area contributed by atoms with E-state index in [-0.39, 0.29) is 11.4 Å². The number of nitrogens with one attached hydrogen (secondary N) is 1. The molecule has 3 aromatic rings. The molecule has 128 valence electrons. The minimum Gasteiger partial charge on any atom is -0.463 e. The van der Waals surface area contributed by atoms with Crippen molar-refractivity contribution in [2.75, 3.05) is 6.61 Å². The van der Waals surface area contributed by atoms with Crippen LogP contribution >= 0.6 is 0 Å². The number of hydroxylamine groups is 1. The standard InChI is InChI=1S/C16H14N4O5/c1-2-25-18-16(21)14-10-13(15-4-3-9-24-15)17-19(14)11-5-7-12(8-6-11)20(22)23/h3-10H,2H2,1H3,(H,18,21). The van der Waals surface area contributed by atoms with Gasteiger partial charge >= 0.3 is 0 Å². The number of nitrogens with zero attached hydrogens (tertiary/aromatic N) is 3. The minimum atomic E-state index is -0.496. The van der Waals surface area contributed by atoms with Gasteiger partial charge in [-0.2, -0.15) is 5.10 Å². The highest BCUT2D eigenvalue weighted by molar-refractivity contribution is 5.93. The van der Waals surface area contributed by atoms with Gasteiger partial charge in [0.2, 0.25) is 0 Å². The topological polar surface area (TPSA) is 112 Å². The van der Waals surface area contributed by atoms with Crippen molar-refractivity contribution in [3.8, 4) is 17.1 Å². The van der Waals surface area contributed by atoms with Gasteiger partial charge in [-0.05, 0) is 31.2 Å². The second-order valence-corrected chi connectivity index (χ2v) is 4.94. The molecule has 0 spiro atoms. The molecule has 0 aliphatic rings. The van der Waals surface area contributed by atoms with Crippen LogP contribution in [0.15, 0.2) is 53.1 Å². The molecule has 1 aromatic carbocycles. The van der Waals surface area contributed by atoms with Crippen molar-refractivity contribution in [2.24, 2.45) is 0 Å². The maximum Gasteiger partial charge on any atom is 0.293 e. The van der Waals surface area contributed by atoms with Crippen LogP contribution in [-0.2, 0) is 4.84 Å². The SMILES string of the molecule is CCONC(=O)c1cc(-c2ccco2)nn1-c1ccc([N+](=O)[O-])cc1. The van der Waals surface area contributed by atoms with Crippen LogP contribution in [0.2, 0.25) is 0 Å². The van der Waals surface area contributed by atoms with Crippen molar-refractivity contribution in [1.29, 1.82) is 0 Å². The van der Waals surface area contributed by atoms with Crippen LogP contribution in [0.5, 0.6) is 0 Å². The first-order chi connectivity index (χ1) is 12.1. The van der Waals surface area contributed by atoms with E-state index in [0.29, 0.717) is 23.7 Å². The van der Waals surface area contributed by atoms with Crippen LogP contribution in [0.1, 0.15) is 17.4 Å². The summed E-state index contributed by atoms with van der Waals surface area (Å²) in [6, 6.07) is 10.7. The summed E-state index contributed by atoms with van der Waals surface area (Å²) in [4.78, 5) is 27.6. The molecular formula is C16H14N4O5. The van der Waals surface area contributed by atoms with Crippen LogP contribution in [0.25, 0.3) is 17.1 Å². The Morgan fingerprint density at radius 2 is 2.12 bits per heavy atom. The number of aromatic nitrogens is 2. The lowest BCUT2D eigenvalue weighted by atomic mass is 10.2. The van der Waals surface area contributed by atoms with Crippen molar-refractivity contribution < 1.29 is 19.0 Å². The summed E-state index contributed by atoms with van der Waals surface area (Å²) in [7, 11) is 0. The third-order valence-electron chi connectivity index (χ3n) is 3.33. The van der Waals surface area contributed by atoms with Crippen molar-refractivity contribution in [1.82, 2.24) is 15.3 Å². The molecule has 2 aromatic heterocycles. The molecule has 0 saturated carbocycles. The highest BCUT2D eigenvalue weighted by Crippen LogP contribution is 2.23. The first kappa shape index (κ1) is 16.4. The maximum absolute atomic E-state index is 12.3. The zero-order valence-corrected chi connectivity index (χ0v) is 13.2. The molecule has 1 N–H and O–H groups in total. The van der Waals surface area contributed by atoms with Crippen molar-refractivity contribution in [3.63, 3.8) is 0 Å². The number of nitro benzene ring substituents is 1. The lowest BCUT2D eigenvalue weighted by Gasteiger charge is -2.07. The molecule has 9 nitrogen and oxygen atoms in total. The molecule has 9 heteroatoms. The number of hydrogen-bond acceptors (Lipinski definition) is 6. The van der Waals surface area contributed by atoms with E-state index in [1.54, 1.807) is 25.1 Å². The maximum atomic E-state index is 12.3. The van der Waals surface area contributed by atoms with Gasteiger partial charge in [-0.1, -0.05) is 0 Å².